The van der Waals surface area contributed by atoms with E-state index in [0.29, 0.717) is 98.1 Å². The predicted octanol–water partition coefficient (Wildman–Crippen LogP) is 9.32. The number of carboxylic acids is 1. The van der Waals surface area contributed by atoms with Gasteiger partial charge in [-0.15, -0.1) is 0 Å². The van der Waals surface area contributed by atoms with Gasteiger partial charge in [0.1, 0.15) is 35.9 Å². The van der Waals surface area contributed by atoms with E-state index in [-0.39, 0.29) is 23.8 Å². The van der Waals surface area contributed by atoms with Gasteiger partial charge in [0.2, 0.25) is 5.91 Å². The number of piperidine rings is 2. The molecule has 0 spiro atoms. The largest absolute Gasteiger partial charge is 0.493 e. The smallest absolute Gasteiger partial charge is 0.317 e. The van der Waals surface area contributed by atoms with Crippen molar-refractivity contribution in [2.45, 2.75) is 38.5 Å². The summed E-state index contributed by atoms with van der Waals surface area (Å²) in [6, 6.07) is 16.1. The fraction of sp³-hybridized carbons (Fsp3) is 0.423. The van der Waals surface area contributed by atoms with Crippen molar-refractivity contribution in [3.63, 3.8) is 0 Å². The van der Waals surface area contributed by atoms with Gasteiger partial charge in [-0.25, -0.2) is 28.7 Å². The maximum absolute atomic E-state index is 14.3. The molecule has 392 valence electrons. The minimum absolute atomic E-state index is 0.111. The summed E-state index contributed by atoms with van der Waals surface area (Å²) in [5, 5.41) is 19.5. The lowest BCUT2D eigenvalue weighted by molar-refractivity contribution is -0.137. The monoisotopic (exact) mass is 1050 g/mol. The molecule has 17 nitrogen and oxygen atoms in total. The van der Waals surface area contributed by atoms with Crippen molar-refractivity contribution >= 4 is 79.9 Å². The molecule has 2 aromatic heterocycles. The molecule has 1 amide bonds. The first-order valence-electron chi connectivity index (χ1n) is 24.0. The Balaban J connectivity index is 0.000000213. The number of fused-ring (bicyclic) bond motifs is 2. The zero-order valence-corrected chi connectivity index (χ0v) is 43.5. The third kappa shape index (κ3) is 16.8. The van der Waals surface area contributed by atoms with E-state index in [1.807, 2.05) is 42.1 Å². The highest BCUT2D eigenvalue weighted by atomic mass is 35.5. The number of aromatic nitrogens is 4. The topological polar surface area (TPSA) is 189 Å². The zero-order valence-electron chi connectivity index (χ0n) is 42.0. The number of hydrogen-bond donors (Lipinski definition) is 4. The van der Waals surface area contributed by atoms with E-state index in [0.717, 1.165) is 51.9 Å². The Hall–Kier alpha value is -6.38. The van der Waals surface area contributed by atoms with Crippen molar-refractivity contribution in [1.29, 1.82) is 0 Å². The highest BCUT2D eigenvalue weighted by Gasteiger charge is 2.24. The molecule has 0 unspecified atom stereocenters. The van der Waals surface area contributed by atoms with E-state index < -0.39 is 17.6 Å². The molecule has 21 heteroatoms. The zero-order chi connectivity index (χ0) is 52.4. The highest BCUT2D eigenvalue weighted by molar-refractivity contribution is 6.31. The van der Waals surface area contributed by atoms with Gasteiger partial charge in [0.05, 0.1) is 62.9 Å². The van der Waals surface area contributed by atoms with Crippen molar-refractivity contribution in [2.24, 2.45) is 11.8 Å². The number of hydrogen-bond acceptors (Lipinski definition) is 15. The van der Waals surface area contributed by atoms with Crippen molar-refractivity contribution in [3.05, 3.63) is 95.0 Å². The molecular weight excluding hydrogens is 986 g/mol. The molecule has 73 heavy (non-hydrogen) atoms. The van der Waals surface area contributed by atoms with E-state index >= 15 is 0 Å². The van der Waals surface area contributed by atoms with Crippen molar-refractivity contribution in [2.75, 3.05) is 106 Å². The summed E-state index contributed by atoms with van der Waals surface area (Å²) in [4.78, 5) is 44.7. The summed E-state index contributed by atoms with van der Waals surface area (Å²) >= 11 is 11.7. The lowest BCUT2D eigenvalue weighted by atomic mass is 9.94. The van der Waals surface area contributed by atoms with Gasteiger partial charge in [0, 0.05) is 46.0 Å². The molecular formula is C52H64Cl2F2N10O7. The van der Waals surface area contributed by atoms with Crippen LogP contribution in [-0.2, 0) is 9.59 Å². The van der Waals surface area contributed by atoms with Gasteiger partial charge in [-0.2, -0.15) is 0 Å². The molecule has 2 saturated heterocycles. The molecule has 4 aromatic carbocycles. The number of carboxylic acid groups (broad SMARTS) is 1. The number of nitrogens with zero attached hydrogens (tertiary/aromatic N) is 7. The van der Waals surface area contributed by atoms with Crippen molar-refractivity contribution < 1.29 is 42.4 Å². The SMILES string of the molecule is CN(C)CC(=O)O.COc1cc2c(Nc3ccc(Cl)cc3F)ncnc2cc1OCCC1CCN(C(=O)CN(C)C)CC1.COc1cc2c(Nc3ccc(Cl)cc3F)ncnc2cc1OCCC1CCNCC1. The fourth-order valence-electron chi connectivity index (χ4n) is 8.26. The van der Waals surface area contributed by atoms with Gasteiger partial charge in [-0.1, -0.05) is 23.2 Å². The van der Waals surface area contributed by atoms with E-state index in [2.05, 4.69) is 35.9 Å². The molecule has 4 N–H and O–H groups in total. The van der Waals surface area contributed by atoms with Crippen LogP contribution in [0, 0.1) is 23.5 Å². The number of carbonyl (C=O) groups excluding carboxylic acids is 1. The number of aliphatic carboxylic acids is 1. The number of likely N-dealkylation sites (tertiary alicyclic amines) is 1. The van der Waals surface area contributed by atoms with Crippen LogP contribution in [0.3, 0.4) is 0 Å². The average Bonchev–Trinajstić information content (AvgIpc) is 3.35. The third-order valence-electron chi connectivity index (χ3n) is 12.1. The first kappa shape index (κ1) is 55.9. The Kier molecular flexibility index (Phi) is 21.2. The number of nitrogens with one attached hydrogen (secondary N) is 3. The van der Waals surface area contributed by atoms with Gasteiger partial charge >= 0.3 is 5.97 Å². The quantitative estimate of drug-likeness (QED) is 0.0637. The van der Waals surface area contributed by atoms with Crippen LogP contribution in [0.1, 0.15) is 38.5 Å². The second-order valence-electron chi connectivity index (χ2n) is 18.1. The van der Waals surface area contributed by atoms with E-state index in [4.69, 9.17) is 47.3 Å². The van der Waals surface area contributed by atoms with Crippen molar-refractivity contribution in [3.8, 4) is 23.0 Å². The molecule has 0 aliphatic carbocycles. The van der Waals surface area contributed by atoms with Crippen LogP contribution in [0.2, 0.25) is 10.0 Å². The van der Waals surface area contributed by atoms with E-state index in [1.165, 1.54) is 37.6 Å². The Bertz CT molecular complexity index is 2780. The summed E-state index contributed by atoms with van der Waals surface area (Å²) in [6.45, 7) is 5.44. The van der Waals surface area contributed by atoms with Gasteiger partial charge in [0.15, 0.2) is 23.0 Å². The summed E-state index contributed by atoms with van der Waals surface area (Å²) in [5.74, 6) is 2.93. The van der Waals surface area contributed by atoms with Gasteiger partial charge in [-0.05, 0) is 140 Å². The summed E-state index contributed by atoms with van der Waals surface area (Å²) in [6.07, 6.45) is 9.06. The van der Waals surface area contributed by atoms with Crippen molar-refractivity contribution in [1.82, 2.24) is 40.0 Å². The fourth-order valence-corrected chi connectivity index (χ4v) is 8.58. The van der Waals surface area contributed by atoms with Crippen LogP contribution >= 0.6 is 23.2 Å². The number of carbonyl (C=O) groups is 2. The maximum atomic E-state index is 14.3. The molecule has 2 fully saturated rings. The standard InChI is InChI=1S/C26H31ClFN5O3.C22H24ClFN4O2.C4H9NO2/c1-32(2)15-25(34)33-9-6-17(7-10-33)8-11-36-24-14-22-19(13-23(24)35-3)26(30-16-29-22)31-21-5-4-18(27)12-20(21)28;1-29-20-11-16-19(12-21(20)30-9-6-14-4-7-25-8-5-14)26-13-27-22(16)28-18-3-2-15(23)10-17(18)24;1-5(2)3-4(6)7/h4-5,12-14,16-17H,6-11,15H2,1-3H3,(H,29,30,31);2-3,10-14,25H,4-9H2,1H3,(H,26,27,28);3H2,1-2H3,(H,6,7). The molecule has 6 aromatic rings. The number of rotatable bonds is 18. The lowest BCUT2D eigenvalue weighted by Crippen LogP contribution is -2.42. The average molecular weight is 1050 g/mol. The van der Waals surface area contributed by atoms with E-state index in [9.17, 15) is 18.4 Å². The third-order valence-corrected chi connectivity index (χ3v) is 12.6. The second kappa shape index (κ2) is 27.6. The summed E-state index contributed by atoms with van der Waals surface area (Å²) < 4.78 is 51.7. The van der Waals surface area contributed by atoms with Crippen LogP contribution in [0.5, 0.6) is 23.0 Å². The predicted molar refractivity (Wildman–Crippen MR) is 281 cm³/mol. The minimum Gasteiger partial charge on any atom is -0.493 e. The molecule has 2 aliphatic rings. The summed E-state index contributed by atoms with van der Waals surface area (Å²) in [7, 11) is 10.4. The van der Waals surface area contributed by atoms with Crippen LogP contribution in [-0.4, -0.2) is 147 Å². The molecule has 0 radical (unpaired) electrons. The number of benzene rings is 4. The number of amides is 1. The first-order chi connectivity index (χ1) is 35.1. The number of likely N-dealkylation sites (N-methyl/N-ethyl adjacent to an activating group) is 2. The minimum atomic E-state index is -0.787. The Morgan fingerprint density at radius 2 is 1.12 bits per heavy atom. The van der Waals surface area contributed by atoms with Gasteiger partial charge < -0.3 is 49.8 Å². The Morgan fingerprint density at radius 3 is 1.52 bits per heavy atom. The van der Waals surface area contributed by atoms with Crippen LogP contribution in [0.4, 0.5) is 31.8 Å². The number of ether oxygens (including phenoxy) is 4. The first-order valence-corrected chi connectivity index (χ1v) is 24.7. The summed E-state index contributed by atoms with van der Waals surface area (Å²) in [5.41, 5.74) is 1.86. The van der Waals surface area contributed by atoms with Crippen LogP contribution < -0.4 is 34.9 Å². The second-order valence-corrected chi connectivity index (χ2v) is 19.0. The Labute approximate surface area is 434 Å². The maximum Gasteiger partial charge on any atom is 0.317 e. The van der Waals surface area contributed by atoms with Gasteiger partial charge in [0.25, 0.3) is 0 Å². The number of halogens is 4. The molecule has 0 bridgehead atoms. The van der Waals surface area contributed by atoms with Crippen LogP contribution in [0.25, 0.3) is 21.8 Å². The lowest BCUT2D eigenvalue weighted by Gasteiger charge is -2.32. The number of anilines is 4. The normalized spacial score (nSPS) is 14.0. The molecule has 0 saturated carbocycles. The molecule has 4 heterocycles. The molecule has 2 aliphatic heterocycles. The van der Waals surface area contributed by atoms with Crippen LogP contribution in [0.15, 0.2) is 73.3 Å². The van der Waals surface area contributed by atoms with E-state index in [1.54, 1.807) is 63.5 Å². The number of methoxy groups -OCH3 is 2. The highest BCUT2D eigenvalue weighted by Crippen LogP contribution is 2.37. The molecule has 0 atom stereocenters. The van der Waals surface area contributed by atoms with Gasteiger partial charge in [-0.3, -0.25) is 14.5 Å². The molecule has 8 rings (SSSR count). The Morgan fingerprint density at radius 1 is 0.671 bits per heavy atom.